The number of hydrogen-bond acceptors (Lipinski definition) is 8. The number of carbonyl (C=O) groups is 4. The zero-order chi connectivity index (χ0) is 23.7. The number of rotatable bonds is 5. The van der Waals surface area contributed by atoms with Crippen molar-refractivity contribution < 1.29 is 29.4 Å². The van der Waals surface area contributed by atoms with Crippen molar-refractivity contribution in [1.82, 2.24) is 10.6 Å². The fourth-order valence-electron chi connectivity index (χ4n) is 4.38. The number of fused-ring (bicyclic) bond motifs is 2. The number of ketones is 4. The topological polar surface area (TPSA) is 133 Å². The molecule has 0 aliphatic heterocycles. The lowest BCUT2D eigenvalue weighted by Gasteiger charge is -2.06. The van der Waals surface area contributed by atoms with Crippen LogP contribution < -0.4 is 10.6 Å². The second-order valence-electron chi connectivity index (χ2n) is 9.12. The van der Waals surface area contributed by atoms with Gasteiger partial charge in [-0.05, 0) is 61.1 Å². The Morgan fingerprint density at radius 3 is 1.29 bits per heavy atom. The standard InChI is InChI=1S/C26H20N2O6/c29-21-15-7-1-11(9-17(15)23(31)19(21)25(33)27-13-3-4-13)12-2-8-16-18(10-12)24(32)20(22(16)30)26(34)28-14-5-6-14/h1-2,7-10,13-14,27-28,33-34H,3-6H2/b25-19-,26-20-. The first-order valence-electron chi connectivity index (χ1n) is 11.2. The molecule has 0 spiro atoms. The SMILES string of the molecule is O=C1/C(=C(/O)NC2CC2)C(=O)c2cc(-c3ccc4c(c3)C(=O)/C(=C(\O)NC3CC3)C4=O)ccc21. The third-order valence-corrected chi connectivity index (χ3v) is 6.57. The largest absolute Gasteiger partial charge is 0.494 e. The van der Waals surface area contributed by atoms with Gasteiger partial charge >= 0.3 is 0 Å². The summed E-state index contributed by atoms with van der Waals surface area (Å²) in [6.07, 6.45) is 3.51. The molecule has 0 saturated heterocycles. The van der Waals surface area contributed by atoms with Gasteiger partial charge in [-0.15, -0.1) is 0 Å². The van der Waals surface area contributed by atoms with Crippen molar-refractivity contribution in [2.75, 3.05) is 0 Å². The molecule has 2 aromatic carbocycles. The lowest BCUT2D eigenvalue weighted by Crippen LogP contribution is -2.20. The molecular formula is C26H20N2O6. The van der Waals surface area contributed by atoms with E-state index in [1.807, 2.05) is 0 Å². The number of carbonyl (C=O) groups excluding carboxylic acids is 4. The maximum absolute atomic E-state index is 12.9. The molecule has 6 rings (SSSR count). The average molecular weight is 456 g/mol. The number of allylic oxidation sites excluding steroid dienone is 2. The molecule has 170 valence electrons. The highest BCUT2D eigenvalue weighted by atomic mass is 16.3. The molecule has 0 aromatic heterocycles. The summed E-state index contributed by atoms with van der Waals surface area (Å²) < 4.78 is 0. The van der Waals surface area contributed by atoms with Crippen molar-refractivity contribution in [2.24, 2.45) is 0 Å². The van der Waals surface area contributed by atoms with E-state index in [1.165, 1.54) is 12.1 Å². The molecule has 0 bridgehead atoms. The Labute approximate surface area is 194 Å². The number of aliphatic hydroxyl groups excluding tert-OH is 2. The Balaban J connectivity index is 1.35. The van der Waals surface area contributed by atoms with Gasteiger partial charge in [-0.1, -0.05) is 12.1 Å². The molecule has 8 heteroatoms. The number of hydrogen-bond donors (Lipinski definition) is 4. The van der Waals surface area contributed by atoms with E-state index in [1.54, 1.807) is 24.3 Å². The maximum Gasteiger partial charge on any atom is 0.203 e. The summed E-state index contributed by atoms with van der Waals surface area (Å²) in [6.45, 7) is 0. The Morgan fingerprint density at radius 2 is 0.941 bits per heavy atom. The van der Waals surface area contributed by atoms with Gasteiger partial charge in [0.05, 0.1) is 0 Å². The molecule has 0 amide bonds. The minimum absolute atomic E-state index is 0.0805. The second kappa shape index (κ2) is 7.15. The van der Waals surface area contributed by atoms with Crippen molar-refractivity contribution >= 4 is 23.1 Å². The van der Waals surface area contributed by atoms with Crippen molar-refractivity contribution in [3.05, 3.63) is 81.6 Å². The van der Waals surface area contributed by atoms with Crippen LogP contribution in [0.5, 0.6) is 0 Å². The number of aliphatic hydroxyl groups is 2. The van der Waals surface area contributed by atoms with E-state index >= 15 is 0 Å². The van der Waals surface area contributed by atoms with E-state index in [4.69, 9.17) is 0 Å². The highest BCUT2D eigenvalue weighted by Gasteiger charge is 2.39. The van der Waals surface area contributed by atoms with Gasteiger partial charge in [-0.3, -0.25) is 19.2 Å². The highest BCUT2D eigenvalue weighted by Crippen LogP contribution is 2.35. The van der Waals surface area contributed by atoms with Crippen molar-refractivity contribution in [3.8, 4) is 11.1 Å². The second-order valence-corrected chi connectivity index (χ2v) is 9.12. The van der Waals surface area contributed by atoms with Crippen LogP contribution in [0.25, 0.3) is 11.1 Å². The Morgan fingerprint density at radius 1 is 0.588 bits per heavy atom. The van der Waals surface area contributed by atoms with Crippen LogP contribution in [0.15, 0.2) is 59.3 Å². The van der Waals surface area contributed by atoms with Crippen molar-refractivity contribution in [2.45, 2.75) is 37.8 Å². The van der Waals surface area contributed by atoms with Gasteiger partial charge in [0.2, 0.25) is 23.1 Å². The fraction of sp³-hybridized carbons (Fsp3) is 0.231. The van der Waals surface area contributed by atoms with Crippen LogP contribution >= 0.6 is 0 Å². The smallest absolute Gasteiger partial charge is 0.203 e. The zero-order valence-electron chi connectivity index (χ0n) is 18.0. The fourth-order valence-corrected chi connectivity index (χ4v) is 4.38. The molecule has 2 aromatic rings. The predicted octanol–water partition coefficient (Wildman–Crippen LogP) is 3.15. The van der Waals surface area contributed by atoms with E-state index < -0.39 is 34.9 Å². The van der Waals surface area contributed by atoms with E-state index in [2.05, 4.69) is 10.6 Å². The van der Waals surface area contributed by atoms with Gasteiger partial charge in [-0.2, -0.15) is 0 Å². The predicted molar refractivity (Wildman–Crippen MR) is 121 cm³/mol. The summed E-state index contributed by atoms with van der Waals surface area (Å²) in [5, 5.41) is 26.1. The minimum atomic E-state index is -0.554. The number of benzene rings is 2. The number of nitrogens with one attached hydrogen (secondary N) is 2. The van der Waals surface area contributed by atoms with Crippen LogP contribution in [0.3, 0.4) is 0 Å². The lowest BCUT2D eigenvalue weighted by molar-refractivity contribution is 0.0961. The number of Topliss-reactive ketones (excluding diaryl/α,β-unsaturated/α-hetero) is 4. The summed E-state index contributed by atoms with van der Waals surface area (Å²) >= 11 is 0. The summed E-state index contributed by atoms with van der Waals surface area (Å²) in [7, 11) is 0. The molecule has 34 heavy (non-hydrogen) atoms. The third-order valence-electron chi connectivity index (χ3n) is 6.57. The van der Waals surface area contributed by atoms with Crippen LogP contribution in [-0.4, -0.2) is 45.4 Å². The Kier molecular flexibility index (Phi) is 4.29. The van der Waals surface area contributed by atoms with Gasteiger partial charge in [-0.25, -0.2) is 0 Å². The molecule has 4 aliphatic rings. The molecule has 0 radical (unpaired) electrons. The molecule has 0 atom stereocenters. The lowest BCUT2D eigenvalue weighted by atomic mass is 9.97. The Bertz CT molecular complexity index is 1300. The first-order chi connectivity index (χ1) is 16.3. The van der Waals surface area contributed by atoms with E-state index in [9.17, 15) is 29.4 Å². The van der Waals surface area contributed by atoms with Gasteiger partial charge < -0.3 is 20.8 Å². The summed E-state index contributed by atoms with van der Waals surface area (Å²) in [6, 6.07) is 9.64. The van der Waals surface area contributed by atoms with Crippen LogP contribution in [0.1, 0.15) is 67.1 Å². The van der Waals surface area contributed by atoms with Crippen molar-refractivity contribution in [3.63, 3.8) is 0 Å². The van der Waals surface area contributed by atoms with Gasteiger partial charge in [0.15, 0.2) is 11.8 Å². The quantitative estimate of drug-likeness (QED) is 0.306. The molecule has 4 N–H and O–H groups in total. The van der Waals surface area contributed by atoms with Crippen molar-refractivity contribution in [1.29, 1.82) is 0 Å². The molecule has 0 heterocycles. The van der Waals surface area contributed by atoms with Gasteiger partial charge in [0.25, 0.3) is 0 Å². The summed E-state index contributed by atoms with van der Waals surface area (Å²) in [4.78, 5) is 51.3. The summed E-state index contributed by atoms with van der Waals surface area (Å²) in [5.41, 5.74) is 1.41. The molecule has 4 aliphatic carbocycles. The first-order valence-corrected chi connectivity index (χ1v) is 11.2. The maximum atomic E-state index is 12.9. The first kappa shape index (κ1) is 20.4. The molecule has 0 unspecified atom stereocenters. The van der Waals surface area contributed by atoms with Crippen LogP contribution in [0.2, 0.25) is 0 Å². The molecule has 2 fully saturated rings. The normalized spacial score (nSPS) is 22.0. The minimum Gasteiger partial charge on any atom is -0.494 e. The van der Waals surface area contributed by atoms with Crippen LogP contribution in [0.4, 0.5) is 0 Å². The molecule has 2 saturated carbocycles. The highest BCUT2D eigenvalue weighted by molar-refractivity contribution is 6.40. The van der Waals surface area contributed by atoms with Crippen LogP contribution in [0, 0.1) is 0 Å². The van der Waals surface area contributed by atoms with E-state index in [0.717, 1.165) is 25.7 Å². The van der Waals surface area contributed by atoms with Gasteiger partial charge in [0.1, 0.15) is 11.1 Å². The monoisotopic (exact) mass is 456 g/mol. The van der Waals surface area contributed by atoms with Crippen LogP contribution in [-0.2, 0) is 0 Å². The van der Waals surface area contributed by atoms with Gasteiger partial charge in [0, 0.05) is 34.3 Å². The molecule has 8 nitrogen and oxygen atoms in total. The van der Waals surface area contributed by atoms with E-state index in [0.29, 0.717) is 11.1 Å². The zero-order valence-corrected chi connectivity index (χ0v) is 18.0. The van der Waals surface area contributed by atoms with E-state index in [-0.39, 0.29) is 45.5 Å². The summed E-state index contributed by atoms with van der Waals surface area (Å²) in [5.74, 6) is -2.95. The third kappa shape index (κ3) is 3.14. The average Bonchev–Trinajstić information content (AvgIpc) is 3.75. The molecular weight excluding hydrogens is 436 g/mol. The Hall–Kier alpha value is -4.20.